The van der Waals surface area contributed by atoms with Crippen LogP contribution in [0.25, 0.3) is 10.8 Å². The van der Waals surface area contributed by atoms with Crippen LogP contribution in [0.3, 0.4) is 0 Å². The molecule has 0 spiro atoms. The molecule has 2 rings (SSSR count). The van der Waals surface area contributed by atoms with Crippen molar-refractivity contribution in [2.45, 2.75) is 59.3 Å². The Labute approximate surface area is 128 Å². The molecule has 0 bridgehead atoms. The fourth-order valence-electron chi connectivity index (χ4n) is 3.08. The van der Waals surface area contributed by atoms with Gasteiger partial charge >= 0.3 is 0 Å². The predicted octanol–water partition coefficient (Wildman–Crippen LogP) is 5.64. The molecule has 0 aliphatic carbocycles. The van der Waals surface area contributed by atoms with Gasteiger partial charge in [-0.15, -0.1) is 0 Å². The van der Waals surface area contributed by atoms with Gasteiger partial charge in [-0.25, -0.2) is 0 Å². The van der Waals surface area contributed by atoms with Gasteiger partial charge in [0.15, 0.2) is 5.78 Å². The van der Waals surface area contributed by atoms with Crippen molar-refractivity contribution >= 4 is 16.6 Å². The molecule has 0 saturated carbocycles. The van der Waals surface area contributed by atoms with Crippen LogP contribution < -0.4 is 0 Å². The highest BCUT2D eigenvalue weighted by Gasteiger charge is 2.29. The molecule has 1 nitrogen and oxygen atoms in total. The van der Waals surface area contributed by atoms with Crippen molar-refractivity contribution in [1.82, 2.24) is 0 Å². The van der Waals surface area contributed by atoms with E-state index < -0.39 is 0 Å². The minimum atomic E-state index is -0.0676. The van der Waals surface area contributed by atoms with Crippen molar-refractivity contribution in [1.29, 1.82) is 0 Å². The molecule has 0 heterocycles. The standard InChI is InChI=1S/C20H26O/c1-13(21)17-16(19(2,3)4)12-14-10-8-9-11-15(14)18(17)20(5,6)7/h8-12H,1-7H3. The normalized spacial score (nSPS) is 12.7. The number of hydrogen-bond donors (Lipinski definition) is 0. The molecular weight excluding hydrogens is 256 g/mol. The lowest BCUT2D eigenvalue weighted by atomic mass is 9.73. The highest BCUT2D eigenvalue weighted by Crippen LogP contribution is 2.39. The molecule has 0 aliphatic heterocycles. The molecule has 0 aliphatic rings. The molecule has 2 aromatic rings. The summed E-state index contributed by atoms with van der Waals surface area (Å²) in [6.07, 6.45) is 0. The largest absolute Gasteiger partial charge is 0.294 e. The molecule has 2 aromatic carbocycles. The number of hydrogen-bond acceptors (Lipinski definition) is 1. The second-order valence-corrected chi connectivity index (χ2v) is 7.95. The number of fused-ring (bicyclic) bond motifs is 1. The Kier molecular flexibility index (Phi) is 3.73. The maximum absolute atomic E-state index is 12.4. The number of carbonyl (C=O) groups is 1. The van der Waals surface area contributed by atoms with Crippen molar-refractivity contribution in [3.05, 3.63) is 47.0 Å². The predicted molar refractivity (Wildman–Crippen MR) is 91.4 cm³/mol. The Morgan fingerprint density at radius 3 is 1.95 bits per heavy atom. The van der Waals surface area contributed by atoms with Crippen LogP contribution in [0.2, 0.25) is 0 Å². The Bertz CT molecular complexity index is 694. The maximum atomic E-state index is 12.4. The van der Waals surface area contributed by atoms with Crippen molar-refractivity contribution in [2.24, 2.45) is 0 Å². The van der Waals surface area contributed by atoms with Gasteiger partial charge in [-0.1, -0.05) is 65.8 Å². The van der Waals surface area contributed by atoms with E-state index in [9.17, 15) is 4.79 Å². The number of carbonyl (C=O) groups excluding carboxylic acids is 1. The first-order valence-electron chi connectivity index (χ1n) is 7.61. The molecule has 112 valence electrons. The minimum Gasteiger partial charge on any atom is -0.294 e. The zero-order valence-electron chi connectivity index (χ0n) is 14.3. The minimum absolute atomic E-state index is 0.0506. The first kappa shape index (κ1) is 15.8. The second-order valence-electron chi connectivity index (χ2n) is 7.95. The van der Waals surface area contributed by atoms with E-state index in [-0.39, 0.29) is 16.6 Å². The van der Waals surface area contributed by atoms with Crippen molar-refractivity contribution in [3.63, 3.8) is 0 Å². The van der Waals surface area contributed by atoms with Gasteiger partial charge in [0.25, 0.3) is 0 Å². The van der Waals surface area contributed by atoms with Gasteiger partial charge in [0.1, 0.15) is 0 Å². The van der Waals surface area contributed by atoms with Crippen LogP contribution in [-0.2, 0) is 10.8 Å². The van der Waals surface area contributed by atoms with E-state index in [2.05, 4.69) is 71.9 Å². The lowest BCUT2D eigenvalue weighted by Gasteiger charge is -2.30. The number of rotatable bonds is 1. The van der Waals surface area contributed by atoms with Crippen molar-refractivity contribution in [3.8, 4) is 0 Å². The summed E-state index contributed by atoms with van der Waals surface area (Å²) in [5.41, 5.74) is 3.12. The molecule has 0 atom stereocenters. The van der Waals surface area contributed by atoms with E-state index in [1.165, 1.54) is 16.3 Å². The van der Waals surface area contributed by atoms with E-state index in [0.717, 1.165) is 11.1 Å². The fraction of sp³-hybridized carbons (Fsp3) is 0.450. The topological polar surface area (TPSA) is 17.1 Å². The van der Waals surface area contributed by atoms with E-state index in [1.54, 1.807) is 6.92 Å². The molecule has 0 radical (unpaired) electrons. The third-order valence-electron chi connectivity index (χ3n) is 3.96. The maximum Gasteiger partial charge on any atom is 0.160 e. The number of benzene rings is 2. The summed E-state index contributed by atoms with van der Waals surface area (Å²) in [6, 6.07) is 10.6. The van der Waals surface area contributed by atoms with Gasteiger partial charge in [0.05, 0.1) is 0 Å². The van der Waals surface area contributed by atoms with E-state index >= 15 is 0 Å². The molecule has 0 N–H and O–H groups in total. The average molecular weight is 282 g/mol. The smallest absolute Gasteiger partial charge is 0.160 e. The highest BCUT2D eigenvalue weighted by molar-refractivity contribution is 6.04. The molecule has 0 unspecified atom stereocenters. The van der Waals surface area contributed by atoms with Crippen molar-refractivity contribution in [2.75, 3.05) is 0 Å². The Hall–Kier alpha value is -1.63. The van der Waals surface area contributed by atoms with Crippen LogP contribution in [0.4, 0.5) is 0 Å². The Morgan fingerprint density at radius 1 is 0.905 bits per heavy atom. The van der Waals surface area contributed by atoms with Gasteiger partial charge < -0.3 is 0 Å². The molecule has 0 saturated heterocycles. The first-order chi connectivity index (χ1) is 9.53. The number of Topliss-reactive ketones (excluding diaryl/α,β-unsaturated/α-hetero) is 1. The highest BCUT2D eigenvalue weighted by atomic mass is 16.1. The summed E-state index contributed by atoms with van der Waals surface area (Å²) < 4.78 is 0. The van der Waals surface area contributed by atoms with Crippen molar-refractivity contribution < 1.29 is 4.79 Å². The van der Waals surface area contributed by atoms with Gasteiger partial charge in [0.2, 0.25) is 0 Å². The quantitative estimate of drug-likeness (QED) is 0.619. The van der Waals surface area contributed by atoms with Crippen LogP contribution in [0.5, 0.6) is 0 Å². The van der Waals surface area contributed by atoms with Gasteiger partial charge in [-0.2, -0.15) is 0 Å². The van der Waals surface area contributed by atoms with Gasteiger partial charge in [-0.05, 0) is 45.7 Å². The van der Waals surface area contributed by atoms with Gasteiger partial charge in [0, 0.05) is 5.56 Å². The van der Waals surface area contributed by atoms with Crippen LogP contribution in [-0.4, -0.2) is 5.78 Å². The molecule has 0 aromatic heterocycles. The molecule has 0 amide bonds. The van der Waals surface area contributed by atoms with Crippen LogP contribution >= 0.6 is 0 Å². The summed E-state index contributed by atoms with van der Waals surface area (Å²) in [5.74, 6) is 0.163. The number of ketones is 1. The zero-order chi connectivity index (χ0) is 16.0. The lowest BCUT2D eigenvalue weighted by Crippen LogP contribution is -2.23. The van der Waals surface area contributed by atoms with Gasteiger partial charge in [-0.3, -0.25) is 4.79 Å². The second kappa shape index (κ2) is 4.98. The monoisotopic (exact) mass is 282 g/mol. The Morgan fingerprint density at radius 2 is 1.48 bits per heavy atom. The first-order valence-corrected chi connectivity index (χ1v) is 7.61. The summed E-state index contributed by atoms with van der Waals surface area (Å²) in [7, 11) is 0. The SMILES string of the molecule is CC(=O)c1c(C(C)(C)C)cc2ccccc2c1C(C)(C)C. The Balaban J connectivity index is 3.06. The van der Waals surface area contributed by atoms with E-state index in [4.69, 9.17) is 0 Å². The summed E-state index contributed by atoms with van der Waals surface area (Å²) >= 11 is 0. The molecule has 0 fully saturated rings. The summed E-state index contributed by atoms with van der Waals surface area (Å²) in [4.78, 5) is 12.4. The average Bonchev–Trinajstić information content (AvgIpc) is 2.33. The van der Waals surface area contributed by atoms with Crippen LogP contribution in [0.1, 0.15) is 70.0 Å². The summed E-state index contributed by atoms with van der Waals surface area (Å²) in [6.45, 7) is 14.8. The third-order valence-corrected chi connectivity index (χ3v) is 3.96. The van der Waals surface area contributed by atoms with E-state index in [1.807, 2.05) is 0 Å². The van der Waals surface area contributed by atoms with Crippen LogP contribution in [0.15, 0.2) is 30.3 Å². The molecule has 21 heavy (non-hydrogen) atoms. The summed E-state index contributed by atoms with van der Waals surface area (Å²) in [5, 5.41) is 2.42. The van der Waals surface area contributed by atoms with E-state index in [0.29, 0.717) is 0 Å². The zero-order valence-corrected chi connectivity index (χ0v) is 14.3. The van der Waals surface area contributed by atoms with Crippen LogP contribution in [0, 0.1) is 0 Å². The molecule has 1 heteroatoms. The third kappa shape index (κ3) is 2.88. The molecular formula is C20H26O. The fourth-order valence-corrected chi connectivity index (χ4v) is 3.08. The lowest BCUT2D eigenvalue weighted by molar-refractivity contribution is 0.101.